The van der Waals surface area contributed by atoms with E-state index in [1.54, 1.807) is 0 Å². The predicted octanol–water partition coefficient (Wildman–Crippen LogP) is 2.82. The highest BCUT2D eigenvalue weighted by Gasteiger charge is 2.42. The summed E-state index contributed by atoms with van der Waals surface area (Å²) in [6.45, 7) is 2.18. The SMILES string of the molecule is CCCCCC[C@@H]1O[C@@H](c2ccccc2)[C@@H](O)[C@H]1O. The van der Waals surface area contributed by atoms with Crippen LogP contribution < -0.4 is 0 Å². The third kappa shape index (κ3) is 3.56. The maximum Gasteiger partial charge on any atom is 0.113 e. The molecule has 1 saturated heterocycles. The standard InChI is InChI=1S/C16H24O3/c1-2-3-4-8-11-13-14(17)15(18)16(19-13)12-9-6-5-7-10-12/h5-7,9-10,13-18H,2-4,8,11H2,1H3/t13-,14-,15-,16-/m0/s1. The molecular formula is C16H24O3. The summed E-state index contributed by atoms with van der Waals surface area (Å²) in [6.07, 6.45) is 3.21. The molecule has 2 rings (SSSR count). The Labute approximate surface area is 115 Å². The molecule has 0 spiro atoms. The van der Waals surface area contributed by atoms with Crippen molar-refractivity contribution in [1.82, 2.24) is 0 Å². The second-order valence-electron chi connectivity index (χ2n) is 5.34. The van der Waals surface area contributed by atoms with Crippen LogP contribution in [0.25, 0.3) is 0 Å². The lowest BCUT2D eigenvalue weighted by Gasteiger charge is -2.14. The molecule has 2 N–H and O–H groups in total. The monoisotopic (exact) mass is 264 g/mol. The average molecular weight is 264 g/mol. The molecular weight excluding hydrogens is 240 g/mol. The predicted molar refractivity (Wildman–Crippen MR) is 74.8 cm³/mol. The van der Waals surface area contributed by atoms with Gasteiger partial charge in [0.25, 0.3) is 0 Å². The first-order valence-electron chi connectivity index (χ1n) is 7.30. The van der Waals surface area contributed by atoms with E-state index in [0.29, 0.717) is 0 Å². The molecule has 0 bridgehead atoms. The van der Waals surface area contributed by atoms with Gasteiger partial charge in [0.2, 0.25) is 0 Å². The molecule has 19 heavy (non-hydrogen) atoms. The normalized spacial score (nSPS) is 30.7. The molecule has 3 nitrogen and oxygen atoms in total. The van der Waals surface area contributed by atoms with Crippen LogP contribution in [-0.2, 0) is 4.74 Å². The van der Waals surface area contributed by atoms with Gasteiger partial charge >= 0.3 is 0 Å². The summed E-state index contributed by atoms with van der Waals surface area (Å²) in [7, 11) is 0. The van der Waals surface area contributed by atoms with Crippen LogP contribution in [0.4, 0.5) is 0 Å². The molecule has 0 aliphatic carbocycles. The van der Waals surface area contributed by atoms with Gasteiger partial charge in [-0.15, -0.1) is 0 Å². The Morgan fingerprint density at radius 2 is 1.74 bits per heavy atom. The van der Waals surface area contributed by atoms with E-state index in [4.69, 9.17) is 4.74 Å². The van der Waals surface area contributed by atoms with Gasteiger partial charge in [-0.2, -0.15) is 0 Å². The summed E-state index contributed by atoms with van der Waals surface area (Å²) >= 11 is 0. The number of hydrogen-bond acceptors (Lipinski definition) is 3. The molecule has 4 atom stereocenters. The summed E-state index contributed by atoms with van der Waals surface area (Å²) in [6, 6.07) is 9.64. The van der Waals surface area contributed by atoms with Crippen LogP contribution in [0.3, 0.4) is 0 Å². The fraction of sp³-hybridized carbons (Fsp3) is 0.625. The van der Waals surface area contributed by atoms with Crippen LogP contribution in [0, 0.1) is 0 Å². The van der Waals surface area contributed by atoms with Crippen LogP contribution >= 0.6 is 0 Å². The summed E-state index contributed by atoms with van der Waals surface area (Å²) in [5.41, 5.74) is 0.935. The number of unbranched alkanes of at least 4 members (excludes halogenated alkanes) is 3. The molecule has 0 unspecified atom stereocenters. The van der Waals surface area contributed by atoms with Crippen molar-refractivity contribution in [3.05, 3.63) is 35.9 Å². The van der Waals surface area contributed by atoms with Crippen molar-refractivity contribution in [2.24, 2.45) is 0 Å². The number of hydrogen-bond donors (Lipinski definition) is 2. The minimum Gasteiger partial charge on any atom is -0.388 e. The number of benzene rings is 1. The molecule has 1 fully saturated rings. The topological polar surface area (TPSA) is 49.7 Å². The lowest BCUT2D eigenvalue weighted by molar-refractivity contribution is 0.00185. The number of aliphatic hydroxyl groups is 2. The van der Waals surface area contributed by atoms with Crippen molar-refractivity contribution in [1.29, 1.82) is 0 Å². The van der Waals surface area contributed by atoms with Gasteiger partial charge in [0.05, 0.1) is 6.10 Å². The Balaban J connectivity index is 1.91. The first kappa shape index (κ1) is 14.5. The summed E-state index contributed by atoms with van der Waals surface area (Å²) < 4.78 is 5.85. The van der Waals surface area contributed by atoms with E-state index in [-0.39, 0.29) is 6.10 Å². The van der Waals surface area contributed by atoms with E-state index in [1.807, 2.05) is 30.3 Å². The average Bonchev–Trinajstić information content (AvgIpc) is 2.73. The third-order valence-corrected chi connectivity index (χ3v) is 3.83. The van der Waals surface area contributed by atoms with Crippen LogP contribution in [0.1, 0.15) is 50.7 Å². The minimum absolute atomic E-state index is 0.239. The Morgan fingerprint density at radius 1 is 1.00 bits per heavy atom. The van der Waals surface area contributed by atoms with E-state index in [2.05, 4.69) is 6.92 Å². The van der Waals surface area contributed by atoms with Gasteiger partial charge in [-0.05, 0) is 12.0 Å². The van der Waals surface area contributed by atoms with Crippen LogP contribution in [0.2, 0.25) is 0 Å². The zero-order valence-electron chi connectivity index (χ0n) is 11.5. The lowest BCUT2D eigenvalue weighted by Crippen LogP contribution is -2.30. The van der Waals surface area contributed by atoms with E-state index in [0.717, 1.165) is 24.8 Å². The Morgan fingerprint density at radius 3 is 2.42 bits per heavy atom. The highest BCUT2D eigenvalue weighted by atomic mass is 16.5. The Bertz CT molecular complexity index is 366. The molecule has 3 heteroatoms. The summed E-state index contributed by atoms with van der Waals surface area (Å²) in [5.74, 6) is 0. The van der Waals surface area contributed by atoms with Gasteiger partial charge in [0.1, 0.15) is 18.3 Å². The molecule has 1 heterocycles. The van der Waals surface area contributed by atoms with E-state index >= 15 is 0 Å². The number of rotatable bonds is 6. The van der Waals surface area contributed by atoms with Crippen LogP contribution in [0.5, 0.6) is 0 Å². The molecule has 0 aromatic heterocycles. The second kappa shape index (κ2) is 7.04. The Kier molecular flexibility index (Phi) is 5.37. The van der Waals surface area contributed by atoms with Gasteiger partial charge in [0.15, 0.2) is 0 Å². The van der Waals surface area contributed by atoms with Crippen molar-refractivity contribution < 1.29 is 14.9 Å². The summed E-state index contributed by atoms with van der Waals surface area (Å²) in [5, 5.41) is 20.2. The maximum atomic E-state index is 10.1. The Hall–Kier alpha value is -0.900. The molecule has 0 radical (unpaired) electrons. The fourth-order valence-corrected chi connectivity index (χ4v) is 2.68. The molecule has 1 aromatic rings. The lowest BCUT2D eigenvalue weighted by atomic mass is 9.99. The van der Waals surface area contributed by atoms with Crippen molar-refractivity contribution in [3.63, 3.8) is 0 Å². The first-order chi connectivity index (χ1) is 9.24. The third-order valence-electron chi connectivity index (χ3n) is 3.83. The molecule has 1 aliphatic heterocycles. The summed E-state index contributed by atoms with van der Waals surface area (Å²) in [4.78, 5) is 0. The van der Waals surface area contributed by atoms with Crippen LogP contribution in [-0.4, -0.2) is 28.5 Å². The van der Waals surface area contributed by atoms with Gasteiger partial charge in [-0.3, -0.25) is 0 Å². The van der Waals surface area contributed by atoms with Gasteiger partial charge in [0, 0.05) is 0 Å². The fourth-order valence-electron chi connectivity index (χ4n) is 2.68. The number of aliphatic hydroxyl groups excluding tert-OH is 2. The first-order valence-corrected chi connectivity index (χ1v) is 7.30. The molecule has 0 saturated carbocycles. The van der Waals surface area contributed by atoms with Crippen LogP contribution in [0.15, 0.2) is 30.3 Å². The van der Waals surface area contributed by atoms with Crippen molar-refractivity contribution in [2.75, 3.05) is 0 Å². The number of ether oxygens (including phenoxy) is 1. The van der Waals surface area contributed by atoms with Gasteiger partial charge in [-0.1, -0.05) is 62.9 Å². The zero-order chi connectivity index (χ0) is 13.7. The molecule has 106 valence electrons. The second-order valence-corrected chi connectivity index (χ2v) is 5.34. The van der Waals surface area contributed by atoms with E-state index in [1.165, 1.54) is 12.8 Å². The smallest absolute Gasteiger partial charge is 0.113 e. The highest BCUT2D eigenvalue weighted by molar-refractivity contribution is 5.20. The molecule has 1 aromatic carbocycles. The quantitative estimate of drug-likeness (QED) is 0.777. The highest BCUT2D eigenvalue weighted by Crippen LogP contribution is 2.35. The minimum atomic E-state index is -0.821. The van der Waals surface area contributed by atoms with Crippen molar-refractivity contribution in [3.8, 4) is 0 Å². The van der Waals surface area contributed by atoms with Crippen molar-refractivity contribution >= 4 is 0 Å². The van der Waals surface area contributed by atoms with Gasteiger partial charge < -0.3 is 14.9 Å². The molecule has 1 aliphatic rings. The van der Waals surface area contributed by atoms with E-state index in [9.17, 15) is 10.2 Å². The van der Waals surface area contributed by atoms with E-state index < -0.39 is 18.3 Å². The van der Waals surface area contributed by atoms with Gasteiger partial charge in [-0.25, -0.2) is 0 Å². The molecule has 0 amide bonds. The largest absolute Gasteiger partial charge is 0.388 e. The maximum absolute atomic E-state index is 10.1. The van der Waals surface area contributed by atoms with Crippen molar-refractivity contribution in [2.45, 2.75) is 63.4 Å². The zero-order valence-corrected chi connectivity index (χ0v) is 11.5.